The molecule has 0 aliphatic carbocycles. The van der Waals surface area contributed by atoms with E-state index in [-0.39, 0.29) is 16.5 Å². The Labute approximate surface area is 133 Å². The van der Waals surface area contributed by atoms with Gasteiger partial charge in [-0.05, 0) is 29.8 Å². The van der Waals surface area contributed by atoms with Crippen molar-refractivity contribution in [3.63, 3.8) is 0 Å². The van der Waals surface area contributed by atoms with Crippen LogP contribution >= 0.6 is 11.8 Å². The minimum atomic E-state index is -2.58. The van der Waals surface area contributed by atoms with Crippen LogP contribution in [0.1, 0.15) is 24.2 Å². The van der Waals surface area contributed by atoms with Crippen molar-refractivity contribution in [3.8, 4) is 0 Å². The molecule has 0 unspecified atom stereocenters. The Balaban J connectivity index is 2.01. The molecule has 0 saturated carbocycles. The fourth-order valence-corrected chi connectivity index (χ4v) is 3.12. The lowest BCUT2D eigenvalue weighted by molar-refractivity contribution is 0.0619. The topological polar surface area (TPSA) is 36.4 Å². The lowest BCUT2D eigenvalue weighted by Gasteiger charge is -2.35. The Bertz CT molecular complexity index is 505. The van der Waals surface area contributed by atoms with E-state index in [4.69, 9.17) is 0 Å². The molecule has 122 valence electrons. The molecule has 1 aliphatic heterocycles. The zero-order valence-electron chi connectivity index (χ0n) is 12.8. The first-order valence-electron chi connectivity index (χ1n) is 7.39. The molecule has 4 nitrogen and oxygen atoms in total. The zero-order valence-corrected chi connectivity index (χ0v) is 13.7. The van der Waals surface area contributed by atoms with Crippen LogP contribution in [0.15, 0.2) is 23.4 Å². The van der Waals surface area contributed by atoms with E-state index in [1.54, 1.807) is 17.0 Å². The number of thioether (sulfide) groups is 1. The van der Waals surface area contributed by atoms with E-state index >= 15 is 0 Å². The smallest absolute Gasteiger partial charge is 0.290 e. The molecule has 0 radical (unpaired) electrons. The summed E-state index contributed by atoms with van der Waals surface area (Å²) in [6.07, 6.45) is 1.43. The van der Waals surface area contributed by atoms with E-state index in [1.807, 2.05) is 0 Å². The number of aromatic nitrogens is 1. The summed E-state index contributed by atoms with van der Waals surface area (Å²) in [6.45, 7) is 8.24. The number of nitrogens with zero attached hydrogens (tertiary/aromatic N) is 3. The molecule has 1 aromatic heterocycles. The SMILES string of the molecule is CC(C)CN1CCN(C(=O)c2cccnc2SC(F)F)CC1. The van der Waals surface area contributed by atoms with Crippen molar-refractivity contribution in [1.29, 1.82) is 0 Å². The molecule has 22 heavy (non-hydrogen) atoms. The normalized spacial score (nSPS) is 16.5. The standard InChI is InChI=1S/C15H21F2N3OS/c1-11(2)10-19-6-8-20(9-7-19)14(21)12-4-3-5-18-13(12)22-15(16)17/h3-5,11,15H,6-10H2,1-2H3. The number of pyridine rings is 1. The molecular weight excluding hydrogens is 308 g/mol. The molecule has 0 aromatic carbocycles. The van der Waals surface area contributed by atoms with Gasteiger partial charge < -0.3 is 4.90 Å². The van der Waals surface area contributed by atoms with Crippen molar-refractivity contribution >= 4 is 17.7 Å². The number of rotatable bonds is 5. The maximum absolute atomic E-state index is 12.6. The second-order valence-corrected chi connectivity index (χ2v) is 6.70. The third-order valence-corrected chi connectivity index (χ3v) is 4.21. The van der Waals surface area contributed by atoms with Gasteiger partial charge in [-0.25, -0.2) is 4.98 Å². The van der Waals surface area contributed by atoms with Crippen molar-refractivity contribution in [2.75, 3.05) is 32.7 Å². The molecule has 0 spiro atoms. The Morgan fingerprint density at radius 2 is 2.00 bits per heavy atom. The van der Waals surface area contributed by atoms with Crippen LogP contribution in [0.4, 0.5) is 8.78 Å². The van der Waals surface area contributed by atoms with Crippen LogP contribution in [0.2, 0.25) is 0 Å². The molecule has 0 atom stereocenters. The summed E-state index contributed by atoms with van der Waals surface area (Å²) in [5, 5.41) is 0.104. The summed E-state index contributed by atoms with van der Waals surface area (Å²) in [6, 6.07) is 3.18. The number of piperazine rings is 1. The summed E-state index contributed by atoms with van der Waals surface area (Å²) in [5.74, 6) is -2.19. The van der Waals surface area contributed by atoms with Gasteiger partial charge in [0.15, 0.2) is 0 Å². The van der Waals surface area contributed by atoms with Crippen molar-refractivity contribution < 1.29 is 13.6 Å². The van der Waals surface area contributed by atoms with Crippen LogP contribution in [-0.4, -0.2) is 59.2 Å². The van der Waals surface area contributed by atoms with Crippen molar-refractivity contribution in [2.45, 2.75) is 24.6 Å². The highest BCUT2D eigenvalue weighted by atomic mass is 32.2. The summed E-state index contributed by atoms with van der Waals surface area (Å²) in [4.78, 5) is 20.5. The molecule has 1 aromatic rings. The average molecular weight is 329 g/mol. The predicted octanol–water partition coefficient (Wildman–Crippen LogP) is 2.81. The summed E-state index contributed by atoms with van der Waals surface area (Å²) < 4.78 is 25.1. The first-order chi connectivity index (χ1) is 10.5. The molecular formula is C15H21F2N3OS. The minimum Gasteiger partial charge on any atom is -0.336 e. The lowest BCUT2D eigenvalue weighted by Crippen LogP contribution is -2.49. The number of halogens is 2. The van der Waals surface area contributed by atoms with Gasteiger partial charge >= 0.3 is 0 Å². The molecule has 2 heterocycles. The van der Waals surface area contributed by atoms with E-state index in [2.05, 4.69) is 23.7 Å². The first kappa shape index (κ1) is 17.1. The number of hydrogen-bond acceptors (Lipinski definition) is 4. The van der Waals surface area contributed by atoms with E-state index < -0.39 is 5.76 Å². The van der Waals surface area contributed by atoms with Gasteiger partial charge in [0.1, 0.15) is 5.03 Å². The van der Waals surface area contributed by atoms with Gasteiger partial charge in [-0.1, -0.05) is 13.8 Å². The van der Waals surface area contributed by atoms with Gasteiger partial charge in [0.25, 0.3) is 11.7 Å². The van der Waals surface area contributed by atoms with Gasteiger partial charge in [-0.3, -0.25) is 9.69 Å². The number of amides is 1. The number of hydrogen-bond donors (Lipinski definition) is 0. The summed E-state index contributed by atoms with van der Waals surface area (Å²) >= 11 is 0.324. The fourth-order valence-electron chi connectivity index (χ4n) is 2.55. The minimum absolute atomic E-state index is 0.104. The number of carbonyl (C=O) groups is 1. The van der Waals surface area contributed by atoms with Gasteiger partial charge in [-0.2, -0.15) is 8.78 Å². The van der Waals surface area contributed by atoms with Gasteiger partial charge in [0.2, 0.25) is 0 Å². The van der Waals surface area contributed by atoms with E-state index in [0.29, 0.717) is 30.8 Å². The second kappa shape index (κ2) is 7.87. The Hall–Kier alpha value is -1.21. The van der Waals surface area contributed by atoms with E-state index in [9.17, 15) is 13.6 Å². The molecule has 1 amide bonds. The quantitative estimate of drug-likeness (QED) is 0.779. The maximum Gasteiger partial charge on any atom is 0.290 e. The van der Waals surface area contributed by atoms with Gasteiger partial charge in [-0.15, -0.1) is 0 Å². The molecule has 0 bridgehead atoms. The molecule has 7 heteroatoms. The highest BCUT2D eigenvalue weighted by molar-refractivity contribution is 7.99. The monoisotopic (exact) mass is 329 g/mol. The van der Waals surface area contributed by atoms with E-state index in [1.165, 1.54) is 6.20 Å². The molecule has 0 N–H and O–H groups in total. The molecule has 2 rings (SSSR count). The average Bonchev–Trinajstić information content (AvgIpc) is 2.47. The summed E-state index contributed by atoms with van der Waals surface area (Å²) in [7, 11) is 0. The fraction of sp³-hybridized carbons (Fsp3) is 0.600. The highest BCUT2D eigenvalue weighted by Gasteiger charge is 2.25. The Kier molecular flexibility index (Phi) is 6.14. The van der Waals surface area contributed by atoms with Crippen LogP contribution in [-0.2, 0) is 0 Å². The van der Waals surface area contributed by atoms with Gasteiger partial charge in [0, 0.05) is 38.9 Å². The largest absolute Gasteiger partial charge is 0.336 e. The Morgan fingerprint density at radius 3 is 2.59 bits per heavy atom. The highest BCUT2D eigenvalue weighted by Crippen LogP contribution is 2.27. The van der Waals surface area contributed by atoms with Crippen LogP contribution in [0, 0.1) is 5.92 Å². The van der Waals surface area contributed by atoms with Crippen LogP contribution in [0.5, 0.6) is 0 Å². The zero-order chi connectivity index (χ0) is 16.1. The van der Waals surface area contributed by atoms with Gasteiger partial charge in [0.05, 0.1) is 5.56 Å². The van der Waals surface area contributed by atoms with Crippen LogP contribution in [0.25, 0.3) is 0 Å². The number of carbonyl (C=O) groups excluding carboxylic acids is 1. The third kappa shape index (κ3) is 4.64. The first-order valence-corrected chi connectivity index (χ1v) is 8.26. The van der Waals surface area contributed by atoms with Crippen molar-refractivity contribution in [2.24, 2.45) is 5.92 Å². The lowest BCUT2D eigenvalue weighted by atomic mass is 10.1. The predicted molar refractivity (Wildman–Crippen MR) is 83.3 cm³/mol. The molecule has 1 aliphatic rings. The van der Waals surface area contributed by atoms with Crippen LogP contribution < -0.4 is 0 Å². The van der Waals surface area contributed by atoms with Crippen LogP contribution in [0.3, 0.4) is 0 Å². The van der Waals surface area contributed by atoms with Crippen molar-refractivity contribution in [3.05, 3.63) is 23.9 Å². The number of alkyl halides is 2. The summed E-state index contributed by atoms with van der Waals surface area (Å²) in [5.41, 5.74) is 0.269. The third-order valence-electron chi connectivity index (χ3n) is 3.49. The van der Waals surface area contributed by atoms with E-state index in [0.717, 1.165) is 19.6 Å². The second-order valence-electron chi connectivity index (χ2n) is 5.72. The Morgan fingerprint density at radius 1 is 1.32 bits per heavy atom. The maximum atomic E-state index is 12.6. The molecule has 1 saturated heterocycles. The molecule has 1 fully saturated rings. The van der Waals surface area contributed by atoms with Crippen molar-refractivity contribution in [1.82, 2.24) is 14.8 Å².